The fraction of sp³-hybridized carbons (Fsp3) is 0.200. The second kappa shape index (κ2) is 12.4. The molecule has 1 aliphatic heterocycles. The molecule has 1 saturated heterocycles. The highest BCUT2D eigenvalue weighted by atomic mass is 32.2. The number of carbonyl (C=O) groups excluding carboxylic acids is 2. The third-order valence-electron chi connectivity index (χ3n) is 6.36. The van der Waals surface area contributed by atoms with Gasteiger partial charge in [0.05, 0.1) is 18.2 Å². The number of thioether (sulfide) groups is 1. The molecule has 1 aromatic heterocycles. The summed E-state index contributed by atoms with van der Waals surface area (Å²) in [5.74, 6) is -1.21. The summed E-state index contributed by atoms with van der Waals surface area (Å²) in [6.07, 6.45) is 1.93. The highest BCUT2D eigenvalue weighted by molar-refractivity contribution is 8.00. The summed E-state index contributed by atoms with van der Waals surface area (Å²) in [5.41, 5.74) is 1.51. The van der Waals surface area contributed by atoms with Crippen molar-refractivity contribution in [2.24, 2.45) is 0 Å². The van der Waals surface area contributed by atoms with Gasteiger partial charge in [0.2, 0.25) is 5.13 Å². The van der Waals surface area contributed by atoms with Crippen LogP contribution in [0.2, 0.25) is 0 Å². The number of ketones is 1. The minimum atomic E-state index is -0.928. The molecule has 1 fully saturated rings. The molecule has 1 amide bonds. The molecule has 40 heavy (non-hydrogen) atoms. The molecule has 204 valence electrons. The van der Waals surface area contributed by atoms with E-state index in [-0.39, 0.29) is 22.3 Å². The predicted octanol–water partition coefficient (Wildman–Crippen LogP) is 6.77. The Morgan fingerprint density at radius 1 is 1.02 bits per heavy atom. The Labute approximate surface area is 239 Å². The van der Waals surface area contributed by atoms with Crippen LogP contribution in [0.15, 0.2) is 88.8 Å². The van der Waals surface area contributed by atoms with Gasteiger partial charge >= 0.3 is 5.91 Å². The maximum absolute atomic E-state index is 14.1. The Hall–Kier alpha value is -4.02. The van der Waals surface area contributed by atoms with Crippen LogP contribution in [0.3, 0.4) is 0 Å². The van der Waals surface area contributed by atoms with Crippen LogP contribution in [0.4, 0.5) is 9.52 Å². The van der Waals surface area contributed by atoms with Crippen molar-refractivity contribution in [1.82, 2.24) is 10.2 Å². The molecular weight excluding hydrogens is 549 g/mol. The highest BCUT2D eigenvalue weighted by Crippen LogP contribution is 2.44. The lowest BCUT2D eigenvalue weighted by atomic mass is 9.95. The number of unbranched alkanes of at least 4 members (excludes halogenated alkanes) is 1. The van der Waals surface area contributed by atoms with E-state index in [0.29, 0.717) is 39.1 Å². The van der Waals surface area contributed by atoms with Gasteiger partial charge in [-0.2, -0.15) is 0 Å². The predicted molar refractivity (Wildman–Crippen MR) is 154 cm³/mol. The minimum Gasteiger partial charge on any atom is -0.507 e. The first-order valence-electron chi connectivity index (χ1n) is 12.8. The largest absolute Gasteiger partial charge is 0.507 e. The lowest BCUT2D eigenvalue weighted by Crippen LogP contribution is -2.29. The van der Waals surface area contributed by atoms with E-state index in [4.69, 9.17) is 4.74 Å². The van der Waals surface area contributed by atoms with Crippen molar-refractivity contribution in [2.75, 3.05) is 11.5 Å². The van der Waals surface area contributed by atoms with Gasteiger partial charge in [0, 0.05) is 11.3 Å². The van der Waals surface area contributed by atoms with Gasteiger partial charge in [-0.15, -0.1) is 10.2 Å². The van der Waals surface area contributed by atoms with Gasteiger partial charge in [-0.1, -0.05) is 97.1 Å². The molecule has 1 atom stereocenters. The number of carbonyl (C=O) groups is 2. The summed E-state index contributed by atoms with van der Waals surface area (Å²) < 4.78 is 20.4. The Morgan fingerprint density at radius 2 is 1.75 bits per heavy atom. The zero-order chi connectivity index (χ0) is 28.1. The number of aromatic nitrogens is 2. The molecule has 0 bridgehead atoms. The summed E-state index contributed by atoms with van der Waals surface area (Å²) in [4.78, 5) is 28.0. The molecule has 1 unspecified atom stereocenters. The molecular formula is C30H26FN3O4S2. The van der Waals surface area contributed by atoms with Crippen molar-refractivity contribution < 1.29 is 23.8 Å². The monoisotopic (exact) mass is 575 g/mol. The van der Waals surface area contributed by atoms with E-state index in [1.54, 1.807) is 72.8 Å². The number of amides is 1. The van der Waals surface area contributed by atoms with Crippen LogP contribution >= 0.6 is 23.1 Å². The topological polar surface area (TPSA) is 92.6 Å². The lowest BCUT2D eigenvalue weighted by Gasteiger charge is -2.22. The first-order chi connectivity index (χ1) is 19.5. The molecule has 2 heterocycles. The van der Waals surface area contributed by atoms with E-state index in [0.717, 1.165) is 24.2 Å². The normalized spacial score (nSPS) is 16.4. The molecule has 3 aromatic carbocycles. The number of aliphatic hydroxyl groups excluding tert-OH is 1. The summed E-state index contributed by atoms with van der Waals surface area (Å²) in [7, 11) is 0. The van der Waals surface area contributed by atoms with E-state index in [1.165, 1.54) is 22.7 Å². The molecule has 10 heteroatoms. The van der Waals surface area contributed by atoms with E-state index in [2.05, 4.69) is 17.1 Å². The van der Waals surface area contributed by atoms with Gasteiger partial charge in [0.15, 0.2) is 4.34 Å². The number of ether oxygens (including phenoxy) is 1. The number of anilines is 1. The molecule has 0 spiro atoms. The number of benzene rings is 3. The Bertz CT molecular complexity index is 1540. The molecule has 4 aromatic rings. The smallest absolute Gasteiger partial charge is 0.301 e. The summed E-state index contributed by atoms with van der Waals surface area (Å²) in [6, 6.07) is 21.3. The molecule has 0 radical (unpaired) electrons. The number of Topliss-reactive ketones (excluding diaryl/α,β-unsaturated/α-hetero) is 1. The lowest BCUT2D eigenvalue weighted by molar-refractivity contribution is -0.132. The first-order valence-corrected chi connectivity index (χ1v) is 14.6. The standard InChI is InChI=1S/C30H26FN3O4S2/c1-2-3-17-38-22-15-13-19(14-16-22)25-24(26(35)20-9-5-4-6-10-20)27(36)28(37)34(25)29-32-33-30(40-29)39-18-21-11-7-8-12-23(21)31/h4-16,25,35H,2-3,17-18H2,1H3/b26-24-. The molecule has 1 aliphatic rings. The third kappa shape index (κ3) is 5.78. The zero-order valence-electron chi connectivity index (χ0n) is 21.6. The van der Waals surface area contributed by atoms with Crippen molar-refractivity contribution >= 4 is 45.7 Å². The quantitative estimate of drug-likeness (QED) is 0.0557. The Kier molecular flexibility index (Phi) is 8.57. The van der Waals surface area contributed by atoms with Gasteiger partial charge < -0.3 is 9.84 Å². The van der Waals surface area contributed by atoms with Crippen molar-refractivity contribution in [3.63, 3.8) is 0 Å². The Morgan fingerprint density at radius 3 is 2.48 bits per heavy atom. The van der Waals surface area contributed by atoms with E-state index >= 15 is 0 Å². The number of halogens is 1. The Balaban J connectivity index is 1.50. The van der Waals surface area contributed by atoms with Crippen LogP contribution in [-0.2, 0) is 15.3 Å². The maximum Gasteiger partial charge on any atom is 0.301 e. The molecule has 5 rings (SSSR count). The van der Waals surface area contributed by atoms with Crippen LogP contribution < -0.4 is 9.64 Å². The van der Waals surface area contributed by atoms with Gasteiger partial charge in [-0.25, -0.2) is 4.39 Å². The summed E-state index contributed by atoms with van der Waals surface area (Å²) in [5, 5.41) is 19.8. The number of hydrogen-bond donors (Lipinski definition) is 1. The van der Waals surface area contributed by atoms with Gasteiger partial charge in [-0.05, 0) is 35.7 Å². The summed E-state index contributed by atoms with van der Waals surface area (Å²) in [6.45, 7) is 2.67. The number of rotatable bonds is 10. The minimum absolute atomic E-state index is 0.0355. The summed E-state index contributed by atoms with van der Waals surface area (Å²) >= 11 is 2.41. The van der Waals surface area contributed by atoms with Crippen LogP contribution in [-0.4, -0.2) is 33.6 Å². The van der Waals surface area contributed by atoms with E-state index < -0.39 is 17.7 Å². The van der Waals surface area contributed by atoms with Gasteiger partial charge in [-0.3, -0.25) is 14.5 Å². The second-order valence-electron chi connectivity index (χ2n) is 9.04. The van der Waals surface area contributed by atoms with Crippen LogP contribution in [0.5, 0.6) is 5.75 Å². The molecule has 1 N–H and O–H groups in total. The fourth-order valence-corrected chi connectivity index (χ4v) is 6.14. The van der Waals surface area contributed by atoms with Crippen LogP contribution in [0.1, 0.15) is 42.5 Å². The van der Waals surface area contributed by atoms with Gasteiger partial charge in [0.25, 0.3) is 5.78 Å². The number of aliphatic hydroxyl groups is 1. The number of nitrogens with zero attached hydrogens (tertiary/aromatic N) is 3. The van der Waals surface area contributed by atoms with E-state index in [9.17, 15) is 19.1 Å². The molecule has 0 saturated carbocycles. The SMILES string of the molecule is CCCCOc1ccc(C2/C(=C(/O)c3ccccc3)C(=O)C(=O)N2c2nnc(SCc3ccccc3F)s2)cc1. The van der Waals surface area contributed by atoms with Crippen molar-refractivity contribution in [1.29, 1.82) is 0 Å². The zero-order valence-corrected chi connectivity index (χ0v) is 23.3. The van der Waals surface area contributed by atoms with Crippen molar-refractivity contribution in [3.05, 3.63) is 107 Å². The first kappa shape index (κ1) is 27.5. The second-order valence-corrected chi connectivity index (χ2v) is 11.2. The third-order valence-corrected chi connectivity index (χ3v) is 8.47. The number of hydrogen-bond acceptors (Lipinski definition) is 8. The van der Waals surface area contributed by atoms with Crippen molar-refractivity contribution in [2.45, 2.75) is 35.9 Å². The van der Waals surface area contributed by atoms with E-state index in [1.807, 2.05) is 0 Å². The average molecular weight is 576 g/mol. The maximum atomic E-state index is 14.1. The van der Waals surface area contributed by atoms with Gasteiger partial charge in [0.1, 0.15) is 17.3 Å². The average Bonchev–Trinajstić information content (AvgIpc) is 3.55. The molecule has 0 aliphatic carbocycles. The van der Waals surface area contributed by atoms with Crippen LogP contribution in [0.25, 0.3) is 5.76 Å². The van der Waals surface area contributed by atoms with Crippen molar-refractivity contribution in [3.8, 4) is 5.75 Å². The molecule has 7 nitrogen and oxygen atoms in total. The van der Waals surface area contributed by atoms with Crippen LogP contribution in [0, 0.1) is 5.82 Å². The highest BCUT2D eigenvalue weighted by Gasteiger charge is 2.48. The fourth-order valence-electron chi connectivity index (χ4n) is 4.29.